The molecular weight excluding hydrogens is 248 g/mol. The Kier molecular flexibility index (Phi) is 3.33. The fourth-order valence-electron chi connectivity index (χ4n) is 2.93. The lowest BCUT2D eigenvalue weighted by Crippen LogP contribution is -2.22. The zero-order valence-electron chi connectivity index (χ0n) is 10.3. The molecule has 98 valence electrons. The Morgan fingerprint density at radius 3 is 2.89 bits per heavy atom. The van der Waals surface area contributed by atoms with E-state index in [1.54, 1.807) is 0 Å². The van der Waals surface area contributed by atoms with Crippen molar-refractivity contribution in [2.75, 3.05) is 11.5 Å². The van der Waals surface area contributed by atoms with Gasteiger partial charge in [-0.2, -0.15) is 11.8 Å². The largest absolute Gasteiger partial charge is 0.481 e. The topological polar surface area (TPSA) is 55.1 Å². The normalized spacial score (nSPS) is 24.8. The van der Waals surface area contributed by atoms with Gasteiger partial charge >= 0.3 is 5.97 Å². The summed E-state index contributed by atoms with van der Waals surface area (Å²) < 4.78 is 2.07. The van der Waals surface area contributed by atoms with Crippen molar-refractivity contribution in [1.29, 1.82) is 0 Å². The number of hydrogen-bond donors (Lipinski definition) is 1. The summed E-state index contributed by atoms with van der Waals surface area (Å²) in [5.74, 6) is 2.60. The van der Waals surface area contributed by atoms with Gasteiger partial charge in [0.2, 0.25) is 0 Å². The molecule has 1 N–H and O–H groups in total. The van der Waals surface area contributed by atoms with Gasteiger partial charge in [-0.3, -0.25) is 4.79 Å². The number of thioether (sulfide) groups is 1. The minimum atomic E-state index is -0.729. The lowest BCUT2D eigenvalue weighted by Gasteiger charge is -2.19. The first-order valence-corrected chi connectivity index (χ1v) is 7.78. The molecule has 3 rings (SSSR count). The Morgan fingerprint density at radius 2 is 2.17 bits per heavy atom. The lowest BCUT2D eigenvalue weighted by atomic mass is 9.99. The Hall–Kier alpha value is -0.970. The number of hydrogen-bond acceptors (Lipinski definition) is 3. The van der Waals surface area contributed by atoms with E-state index in [1.165, 1.54) is 24.3 Å². The third kappa shape index (κ3) is 2.16. The Morgan fingerprint density at radius 1 is 1.39 bits per heavy atom. The number of fused-ring (bicyclic) bond motifs is 1. The molecule has 0 radical (unpaired) electrons. The van der Waals surface area contributed by atoms with Gasteiger partial charge < -0.3 is 9.67 Å². The molecule has 1 fully saturated rings. The number of nitrogens with zero attached hydrogens (tertiary/aromatic N) is 2. The van der Waals surface area contributed by atoms with Crippen LogP contribution in [-0.4, -0.2) is 32.1 Å². The van der Waals surface area contributed by atoms with Gasteiger partial charge in [0.15, 0.2) is 0 Å². The molecule has 0 saturated carbocycles. The highest BCUT2D eigenvalue weighted by Gasteiger charge is 2.30. The summed E-state index contributed by atoms with van der Waals surface area (Å²) in [4.78, 5) is 15.9. The van der Waals surface area contributed by atoms with Gasteiger partial charge in [0, 0.05) is 18.7 Å². The van der Waals surface area contributed by atoms with Crippen LogP contribution in [0.4, 0.5) is 0 Å². The van der Waals surface area contributed by atoms with Crippen LogP contribution in [0.1, 0.15) is 49.0 Å². The standard InChI is InChI=1S/C13H18N2O2S/c16-13(17)10-2-1-5-15-8-11(14-12(10)15)9-3-6-18-7-4-9/h8-10H,1-7H2,(H,16,17). The highest BCUT2D eigenvalue weighted by molar-refractivity contribution is 7.99. The molecule has 1 aromatic heterocycles. The molecule has 0 bridgehead atoms. The summed E-state index contributed by atoms with van der Waals surface area (Å²) in [5.41, 5.74) is 1.12. The zero-order valence-corrected chi connectivity index (χ0v) is 11.2. The van der Waals surface area contributed by atoms with E-state index in [0.717, 1.165) is 30.9 Å². The number of aromatic nitrogens is 2. The first-order valence-electron chi connectivity index (χ1n) is 6.63. The molecule has 1 atom stereocenters. The van der Waals surface area contributed by atoms with Crippen LogP contribution in [0.25, 0.3) is 0 Å². The first-order chi connectivity index (χ1) is 8.75. The van der Waals surface area contributed by atoms with Gasteiger partial charge in [-0.05, 0) is 37.2 Å². The number of aryl methyl sites for hydroxylation is 1. The molecule has 1 saturated heterocycles. The summed E-state index contributed by atoms with van der Waals surface area (Å²) in [6.07, 6.45) is 6.13. The number of aliphatic carboxylic acids is 1. The van der Waals surface area contributed by atoms with Crippen molar-refractivity contribution in [3.05, 3.63) is 17.7 Å². The maximum Gasteiger partial charge on any atom is 0.314 e. The van der Waals surface area contributed by atoms with E-state index >= 15 is 0 Å². The van der Waals surface area contributed by atoms with Crippen molar-refractivity contribution >= 4 is 17.7 Å². The molecule has 0 aromatic carbocycles. The maximum atomic E-state index is 11.2. The SMILES string of the molecule is O=C(O)C1CCCn2cc(C3CCSCC3)nc21. The van der Waals surface area contributed by atoms with Crippen LogP contribution in [0.5, 0.6) is 0 Å². The van der Waals surface area contributed by atoms with Gasteiger partial charge in [-0.25, -0.2) is 4.98 Å². The fraction of sp³-hybridized carbons (Fsp3) is 0.692. The molecule has 0 aliphatic carbocycles. The third-order valence-corrected chi connectivity index (χ3v) is 5.02. The molecular formula is C13H18N2O2S. The van der Waals surface area contributed by atoms with Gasteiger partial charge in [-0.1, -0.05) is 0 Å². The third-order valence-electron chi connectivity index (χ3n) is 3.97. The smallest absolute Gasteiger partial charge is 0.314 e. The zero-order chi connectivity index (χ0) is 12.5. The number of imidazole rings is 1. The summed E-state index contributed by atoms with van der Waals surface area (Å²) in [7, 11) is 0. The number of carboxylic acid groups (broad SMARTS) is 1. The minimum Gasteiger partial charge on any atom is -0.481 e. The summed E-state index contributed by atoms with van der Waals surface area (Å²) in [5, 5.41) is 9.25. The highest BCUT2D eigenvalue weighted by atomic mass is 32.2. The van der Waals surface area contributed by atoms with E-state index in [0.29, 0.717) is 5.92 Å². The molecule has 5 heteroatoms. The average Bonchev–Trinajstić information content (AvgIpc) is 2.83. The van der Waals surface area contributed by atoms with E-state index in [9.17, 15) is 9.90 Å². The van der Waals surface area contributed by atoms with Crippen LogP contribution in [0.15, 0.2) is 6.20 Å². The molecule has 1 unspecified atom stereocenters. The first kappa shape index (κ1) is 12.1. The van der Waals surface area contributed by atoms with E-state index < -0.39 is 11.9 Å². The second kappa shape index (κ2) is 4.96. The quantitative estimate of drug-likeness (QED) is 0.893. The average molecular weight is 266 g/mol. The number of carbonyl (C=O) groups is 1. The van der Waals surface area contributed by atoms with Crippen LogP contribution in [-0.2, 0) is 11.3 Å². The molecule has 4 nitrogen and oxygen atoms in total. The van der Waals surface area contributed by atoms with E-state index in [2.05, 4.69) is 15.7 Å². The molecule has 18 heavy (non-hydrogen) atoms. The molecule has 1 aromatic rings. The van der Waals surface area contributed by atoms with Crippen molar-refractivity contribution in [2.45, 2.75) is 44.1 Å². The number of carboxylic acids is 1. The van der Waals surface area contributed by atoms with Gasteiger partial charge in [-0.15, -0.1) is 0 Å². The molecule has 0 amide bonds. The Bertz CT molecular complexity index is 452. The monoisotopic (exact) mass is 266 g/mol. The predicted octanol–water partition coefficient (Wildman–Crippen LogP) is 2.46. The van der Waals surface area contributed by atoms with E-state index in [4.69, 9.17) is 0 Å². The molecule has 3 heterocycles. The van der Waals surface area contributed by atoms with Crippen molar-refractivity contribution in [2.24, 2.45) is 0 Å². The maximum absolute atomic E-state index is 11.2. The van der Waals surface area contributed by atoms with Crippen LogP contribution in [0.3, 0.4) is 0 Å². The van der Waals surface area contributed by atoms with E-state index in [-0.39, 0.29) is 0 Å². The van der Waals surface area contributed by atoms with Crippen molar-refractivity contribution in [3.63, 3.8) is 0 Å². The summed E-state index contributed by atoms with van der Waals surface area (Å²) >= 11 is 2.00. The van der Waals surface area contributed by atoms with Crippen molar-refractivity contribution in [3.8, 4) is 0 Å². The van der Waals surface area contributed by atoms with E-state index in [1.807, 2.05) is 11.8 Å². The molecule has 2 aliphatic rings. The van der Waals surface area contributed by atoms with Gasteiger partial charge in [0.05, 0.1) is 5.69 Å². The van der Waals surface area contributed by atoms with Crippen LogP contribution < -0.4 is 0 Å². The Balaban J connectivity index is 1.88. The second-order valence-electron chi connectivity index (χ2n) is 5.14. The summed E-state index contributed by atoms with van der Waals surface area (Å²) in [6.45, 7) is 0.924. The van der Waals surface area contributed by atoms with Crippen molar-refractivity contribution in [1.82, 2.24) is 9.55 Å². The predicted molar refractivity (Wildman–Crippen MR) is 71.1 cm³/mol. The number of rotatable bonds is 2. The molecule has 2 aliphatic heterocycles. The Labute approximate surface area is 111 Å². The van der Waals surface area contributed by atoms with Crippen LogP contribution in [0.2, 0.25) is 0 Å². The van der Waals surface area contributed by atoms with Crippen LogP contribution >= 0.6 is 11.8 Å². The van der Waals surface area contributed by atoms with Gasteiger partial charge in [0.1, 0.15) is 11.7 Å². The lowest BCUT2D eigenvalue weighted by molar-refractivity contribution is -0.139. The summed E-state index contributed by atoms with van der Waals surface area (Å²) in [6, 6.07) is 0. The highest BCUT2D eigenvalue weighted by Crippen LogP contribution is 2.34. The fourth-order valence-corrected chi connectivity index (χ4v) is 4.03. The van der Waals surface area contributed by atoms with Crippen LogP contribution in [0, 0.1) is 0 Å². The second-order valence-corrected chi connectivity index (χ2v) is 6.36. The van der Waals surface area contributed by atoms with Gasteiger partial charge in [0.25, 0.3) is 0 Å². The molecule has 0 spiro atoms. The minimum absolute atomic E-state index is 0.398. The van der Waals surface area contributed by atoms with Crippen molar-refractivity contribution < 1.29 is 9.90 Å².